The lowest BCUT2D eigenvalue weighted by Crippen LogP contribution is -2.59. The van der Waals surface area contributed by atoms with Gasteiger partial charge in [-0.1, -0.05) is 12.8 Å². The molecule has 2 heterocycles. The fourth-order valence-corrected chi connectivity index (χ4v) is 6.92. The van der Waals surface area contributed by atoms with Crippen molar-refractivity contribution in [2.24, 2.45) is 29.6 Å². The zero-order chi connectivity index (χ0) is 22.5. The molecule has 2 aliphatic heterocycles. The SMILES string of the molecule is C[C@H]1OC(=O)[C@@H]([C@@H]2CC(=O)[C@@H]3CC[C@H](C)N(C(=O)OC(C)(C)C)[C@@H]3C2)[C@@H]2CCCC[C@H]21. The van der Waals surface area contributed by atoms with Crippen LogP contribution in [0.3, 0.4) is 0 Å². The van der Waals surface area contributed by atoms with Crippen LogP contribution in [0.1, 0.15) is 86.0 Å². The first-order valence-electron chi connectivity index (χ1n) is 12.3. The third kappa shape index (κ3) is 4.36. The lowest BCUT2D eigenvalue weighted by atomic mass is 9.60. The topological polar surface area (TPSA) is 72.9 Å². The number of likely N-dealkylation sites (tertiary alicyclic amines) is 1. The molecule has 0 aromatic rings. The minimum atomic E-state index is -0.583. The summed E-state index contributed by atoms with van der Waals surface area (Å²) in [5.74, 6) is 0.381. The number of Topliss-reactive ketones (excluding diaryl/α,β-unsaturated/α-hetero) is 1. The molecule has 6 nitrogen and oxygen atoms in total. The van der Waals surface area contributed by atoms with Crippen LogP contribution in [0.4, 0.5) is 4.79 Å². The Bertz CT molecular complexity index is 728. The minimum Gasteiger partial charge on any atom is -0.462 e. The normalized spacial score (nSPS) is 41.1. The molecule has 2 saturated carbocycles. The van der Waals surface area contributed by atoms with E-state index in [1.54, 1.807) is 0 Å². The molecule has 4 rings (SSSR count). The third-order valence-corrected chi connectivity index (χ3v) is 8.24. The number of hydrogen-bond acceptors (Lipinski definition) is 5. The van der Waals surface area contributed by atoms with Crippen molar-refractivity contribution < 1.29 is 23.9 Å². The summed E-state index contributed by atoms with van der Waals surface area (Å²) in [6.07, 6.45) is 6.86. The summed E-state index contributed by atoms with van der Waals surface area (Å²) < 4.78 is 11.5. The van der Waals surface area contributed by atoms with E-state index in [1.807, 2.05) is 39.5 Å². The van der Waals surface area contributed by atoms with Crippen molar-refractivity contribution in [1.29, 1.82) is 0 Å². The van der Waals surface area contributed by atoms with Gasteiger partial charge in [0.05, 0.1) is 5.92 Å². The summed E-state index contributed by atoms with van der Waals surface area (Å²) in [4.78, 5) is 41.2. The molecular weight excluding hydrogens is 394 g/mol. The molecule has 8 atom stereocenters. The molecule has 0 N–H and O–H groups in total. The van der Waals surface area contributed by atoms with Crippen molar-refractivity contribution in [1.82, 2.24) is 4.90 Å². The predicted molar refractivity (Wildman–Crippen MR) is 116 cm³/mol. The number of ketones is 1. The number of amides is 1. The van der Waals surface area contributed by atoms with Gasteiger partial charge in [-0.3, -0.25) is 9.59 Å². The van der Waals surface area contributed by atoms with E-state index in [0.717, 1.165) is 32.1 Å². The summed E-state index contributed by atoms with van der Waals surface area (Å²) in [6, 6.07) is -0.151. The van der Waals surface area contributed by atoms with Crippen LogP contribution in [-0.2, 0) is 19.1 Å². The Kier molecular flexibility index (Phi) is 6.12. The second-order valence-corrected chi connectivity index (χ2v) is 11.4. The van der Waals surface area contributed by atoms with Crippen LogP contribution < -0.4 is 0 Å². The van der Waals surface area contributed by atoms with Crippen molar-refractivity contribution in [2.75, 3.05) is 0 Å². The molecule has 2 aliphatic carbocycles. The molecule has 31 heavy (non-hydrogen) atoms. The van der Waals surface area contributed by atoms with Gasteiger partial charge in [0.25, 0.3) is 0 Å². The lowest BCUT2D eigenvalue weighted by Gasteiger charge is -2.51. The van der Waals surface area contributed by atoms with Gasteiger partial charge in [-0.2, -0.15) is 0 Å². The second-order valence-electron chi connectivity index (χ2n) is 11.4. The Morgan fingerprint density at radius 1 is 1.03 bits per heavy atom. The quantitative estimate of drug-likeness (QED) is 0.559. The van der Waals surface area contributed by atoms with E-state index in [9.17, 15) is 14.4 Å². The van der Waals surface area contributed by atoms with E-state index in [-0.39, 0.29) is 53.8 Å². The Labute approximate surface area is 186 Å². The van der Waals surface area contributed by atoms with Gasteiger partial charge in [0.15, 0.2) is 0 Å². The van der Waals surface area contributed by atoms with Crippen LogP contribution in [0.2, 0.25) is 0 Å². The Morgan fingerprint density at radius 2 is 1.71 bits per heavy atom. The zero-order valence-electron chi connectivity index (χ0n) is 19.8. The summed E-state index contributed by atoms with van der Waals surface area (Å²) in [5, 5.41) is 0. The average Bonchev–Trinajstić information content (AvgIpc) is 2.66. The van der Waals surface area contributed by atoms with Crippen molar-refractivity contribution >= 4 is 17.8 Å². The number of ether oxygens (including phenoxy) is 2. The van der Waals surface area contributed by atoms with Gasteiger partial charge in [-0.05, 0) is 84.5 Å². The summed E-state index contributed by atoms with van der Waals surface area (Å²) >= 11 is 0. The van der Waals surface area contributed by atoms with Crippen molar-refractivity contribution in [3.63, 3.8) is 0 Å². The smallest absolute Gasteiger partial charge is 0.410 e. The van der Waals surface area contributed by atoms with E-state index in [0.29, 0.717) is 24.7 Å². The molecule has 2 saturated heterocycles. The maximum absolute atomic E-state index is 13.2. The predicted octanol–water partition coefficient (Wildman–Crippen LogP) is 4.74. The maximum Gasteiger partial charge on any atom is 0.410 e. The number of hydrogen-bond donors (Lipinski definition) is 0. The molecule has 4 aliphatic rings. The van der Waals surface area contributed by atoms with Gasteiger partial charge < -0.3 is 14.4 Å². The highest BCUT2D eigenvalue weighted by atomic mass is 16.6. The molecule has 4 fully saturated rings. The highest BCUT2D eigenvalue weighted by molar-refractivity contribution is 5.85. The number of piperidine rings is 1. The molecule has 6 heteroatoms. The monoisotopic (exact) mass is 433 g/mol. The molecule has 0 aromatic carbocycles. The van der Waals surface area contributed by atoms with Crippen LogP contribution in [0.15, 0.2) is 0 Å². The fourth-order valence-electron chi connectivity index (χ4n) is 6.92. The van der Waals surface area contributed by atoms with Gasteiger partial charge >= 0.3 is 12.1 Å². The average molecular weight is 434 g/mol. The maximum atomic E-state index is 13.2. The van der Waals surface area contributed by atoms with Crippen LogP contribution >= 0.6 is 0 Å². The van der Waals surface area contributed by atoms with Gasteiger partial charge in [-0.25, -0.2) is 4.79 Å². The number of esters is 1. The summed E-state index contributed by atoms with van der Waals surface area (Å²) in [6.45, 7) is 9.67. The molecular formula is C25H39NO5. The molecule has 1 amide bonds. The Hall–Kier alpha value is -1.59. The van der Waals surface area contributed by atoms with Crippen molar-refractivity contribution in [3.8, 4) is 0 Å². The number of carbonyl (C=O) groups excluding carboxylic acids is 3. The molecule has 0 unspecified atom stereocenters. The van der Waals surface area contributed by atoms with E-state index in [1.165, 1.54) is 6.42 Å². The number of nitrogens with zero attached hydrogens (tertiary/aromatic N) is 1. The van der Waals surface area contributed by atoms with E-state index < -0.39 is 5.60 Å². The van der Waals surface area contributed by atoms with Gasteiger partial charge in [-0.15, -0.1) is 0 Å². The van der Waals surface area contributed by atoms with Crippen molar-refractivity contribution in [3.05, 3.63) is 0 Å². The van der Waals surface area contributed by atoms with E-state index >= 15 is 0 Å². The largest absolute Gasteiger partial charge is 0.462 e. The first kappa shape index (κ1) is 22.6. The van der Waals surface area contributed by atoms with Gasteiger partial charge in [0.1, 0.15) is 17.5 Å². The lowest BCUT2D eigenvalue weighted by molar-refractivity contribution is -0.180. The number of carbonyl (C=O) groups is 3. The first-order valence-corrected chi connectivity index (χ1v) is 12.3. The van der Waals surface area contributed by atoms with Crippen LogP contribution in [-0.4, -0.2) is 46.5 Å². The Morgan fingerprint density at radius 3 is 2.39 bits per heavy atom. The molecule has 174 valence electrons. The van der Waals surface area contributed by atoms with E-state index in [2.05, 4.69) is 0 Å². The van der Waals surface area contributed by atoms with Gasteiger partial charge in [0, 0.05) is 24.4 Å². The summed E-state index contributed by atoms with van der Waals surface area (Å²) in [7, 11) is 0. The van der Waals surface area contributed by atoms with E-state index in [4.69, 9.17) is 9.47 Å². The number of fused-ring (bicyclic) bond motifs is 2. The minimum absolute atomic E-state index is 0.0309. The summed E-state index contributed by atoms with van der Waals surface area (Å²) in [5.41, 5.74) is -0.583. The molecule has 0 bridgehead atoms. The Balaban J connectivity index is 1.59. The third-order valence-electron chi connectivity index (χ3n) is 8.24. The molecule has 0 radical (unpaired) electrons. The highest BCUT2D eigenvalue weighted by Gasteiger charge is 2.53. The number of rotatable bonds is 1. The van der Waals surface area contributed by atoms with Crippen LogP contribution in [0.25, 0.3) is 0 Å². The van der Waals surface area contributed by atoms with Gasteiger partial charge in [0.2, 0.25) is 0 Å². The van der Waals surface area contributed by atoms with Crippen LogP contribution in [0.5, 0.6) is 0 Å². The number of cyclic esters (lactones) is 1. The van der Waals surface area contributed by atoms with Crippen molar-refractivity contribution in [2.45, 2.75) is 110 Å². The zero-order valence-corrected chi connectivity index (χ0v) is 19.8. The van der Waals surface area contributed by atoms with Crippen LogP contribution in [0, 0.1) is 29.6 Å². The highest BCUT2D eigenvalue weighted by Crippen LogP contribution is 2.49. The standard InChI is InChI=1S/C25H39NO5/c1-14-10-11-19-20(26(14)24(29)31-25(3,4)5)12-16(13-21(19)27)22-18-9-7-6-8-17(18)15(2)30-23(22)28/h14-20,22H,6-13H2,1-5H3/t14-,15+,16-,17-,18+,19+,20+,22-/m0/s1. The fraction of sp³-hybridized carbons (Fsp3) is 0.880. The molecule has 0 aromatic heterocycles. The second kappa shape index (κ2) is 8.40. The molecule has 0 spiro atoms. The first-order chi connectivity index (χ1) is 14.6.